The Kier molecular flexibility index (Phi) is 9.59. The molecule has 182 valence electrons. The minimum Gasteiger partial charge on any atom is -0.489 e. The van der Waals surface area contributed by atoms with Crippen LogP contribution < -0.4 is 10.5 Å². The zero-order valence-corrected chi connectivity index (χ0v) is 20.9. The van der Waals surface area contributed by atoms with Gasteiger partial charge in [-0.15, -0.1) is 0 Å². The van der Waals surface area contributed by atoms with Gasteiger partial charge in [0.2, 0.25) is 0 Å². The van der Waals surface area contributed by atoms with Crippen LogP contribution in [0.4, 0.5) is 0 Å². The van der Waals surface area contributed by atoms with Gasteiger partial charge in [0, 0.05) is 21.2 Å². The van der Waals surface area contributed by atoms with Crippen LogP contribution >= 0.6 is 31.2 Å². The summed E-state index contributed by atoms with van der Waals surface area (Å²) in [6.07, 6.45) is 0.817. The van der Waals surface area contributed by atoms with E-state index in [1.165, 1.54) is 0 Å². The summed E-state index contributed by atoms with van der Waals surface area (Å²) < 4.78 is 21.4. The van der Waals surface area contributed by atoms with Crippen molar-refractivity contribution in [3.63, 3.8) is 0 Å². The van der Waals surface area contributed by atoms with Crippen LogP contribution in [-0.4, -0.2) is 33.6 Å². The highest BCUT2D eigenvalue weighted by Gasteiger charge is 2.32. The third kappa shape index (κ3) is 8.73. The number of phosphoric acid groups is 1. The Bertz CT molecular complexity index is 1130. The van der Waals surface area contributed by atoms with Gasteiger partial charge in [0.05, 0.1) is 0 Å². The second kappa shape index (κ2) is 12.2. The summed E-state index contributed by atoms with van der Waals surface area (Å²) in [6.45, 7) is -0.237. The van der Waals surface area contributed by atoms with Crippen molar-refractivity contribution < 1.29 is 34.5 Å². The summed E-state index contributed by atoms with van der Waals surface area (Å²) in [4.78, 5) is 19.8. The molecule has 0 saturated carbocycles. The van der Waals surface area contributed by atoms with Gasteiger partial charge in [-0.3, -0.25) is 4.52 Å². The quantitative estimate of drug-likeness (QED) is 0.263. The molecule has 0 spiro atoms. The number of hydrogen-bond acceptors (Lipinski definition) is 5. The highest BCUT2D eigenvalue weighted by Crippen LogP contribution is 2.37. The number of rotatable bonds is 12. The van der Waals surface area contributed by atoms with Crippen LogP contribution in [0.1, 0.15) is 17.5 Å². The second-order valence-electron chi connectivity index (χ2n) is 8.03. The number of quaternary nitrogens is 1. The molecule has 1 unspecified atom stereocenters. The Balaban J connectivity index is 1.59. The summed E-state index contributed by atoms with van der Waals surface area (Å²) >= 11 is 8.05. The predicted octanol–water partition coefficient (Wildman–Crippen LogP) is 4.09. The molecule has 0 heterocycles. The van der Waals surface area contributed by atoms with E-state index in [0.29, 0.717) is 24.5 Å². The van der Waals surface area contributed by atoms with Crippen molar-refractivity contribution in [1.82, 2.24) is 0 Å². The summed E-state index contributed by atoms with van der Waals surface area (Å²) in [5, 5.41) is 10.2. The lowest BCUT2D eigenvalue weighted by molar-refractivity contribution is -0.489. The normalized spacial score (nSPS) is 13.4. The molecule has 10 heteroatoms. The Labute approximate surface area is 208 Å². The van der Waals surface area contributed by atoms with E-state index in [0.717, 1.165) is 26.7 Å². The molecular formula is C24H28ClNO6PS+. The van der Waals surface area contributed by atoms with Gasteiger partial charge in [0.25, 0.3) is 0 Å². The first-order valence-electron chi connectivity index (χ1n) is 10.6. The fourth-order valence-electron chi connectivity index (χ4n) is 3.12. The maximum Gasteiger partial charge on any atom is 0.469 e. The van der Waals surface area contributed by atoms with Gasteiger partial charge in [-0.2, -0.15) is 0 Å². The minimum atomic E-state index is -4.63. The average molecular weight is 525 g/mol. The molecule has 0 amide bonds. The van der Waals surface area contributed by atoms with Crippen LogP contribution in [0.25, 0.3) is 0 Å². The van der Waals surface area contributed by atoms with E-state index in [-0.39, 0.29) is 13.2 Å². The van der Waals surface area contributed by atoms with E-state index in [9.17, 15) is 9.67 Å². The summed E-state index contributed by atoms with van der Waals surface area (Å²) in [5.41, 5.74) is 4.78. The molecule has 6 N–H and O–H groups in total. The van der Waals surface area contributed by atoms with Crippen LogP contribution in [-0.2, 0) is 22.1 Å². The lowest BCUT2D eigenvalue weighted by Crippen LogP contribution is -2.77. The molecule has 7 nitrogen and oxygen atoms in total. The Morgan fingerprint density at radius 1 is 1.00 bits per heavy atom. The average Bonchev–Trinajstić information content (AvgIpc) is 2.81. The predicted molar refractivity (Wildman–Crippen MR) is 132 cm³/mol. The van der Waals surface area contributed by atoms with Crippen molar-refractivity contribution >= 4 is 31.2 Å². The SMILES string of the molecule is [NH3+]C(CO)(CCc1ccc(Sc2cccc(OCc3ccccc3)c2)cc1Cl)COP(=O)(O)O. The molecule has 3 rings (SSSR count). The number of benzene rings is 3. The third-order valence-electron chi connectivity index (χ3n) is 5.11. The number of aliphatic hydroxyl groups excluding tert-OH is 1. The highest BCUT2D eigenvalue weighted by molar-refractivity contribution is 7.99. The molecule has 0 saturated heterocycles. The largest absolute Gasteiger partial charge is 0.489 e. The van der Waals surface area contributed by atoms with Crippen molar-refractivity contribution in [1.29, 1.82) is 0 Å². The molecule has 0 aliphatic carbocycles. The number of aliphatic hydroxyl groups is 1. The van der Waals surface area contributed by atoms with Gasteiger partial charge in [0.15, 0.2) is 0 Å². The number of ether oxygens (including phenoxy) is 1. The lowest BCUT2D eigenvalue weighted by atomic mass is 9.94. The monoisotopic (exact) mass is 524 g/mol. The smallest absolute Gasteiger partial charge is 0.469 e. The third-order valence-corrected chi connectivity index (χ3v) is 6.91. The Morgan fingerprint density at radius 3 is 2.41 bits per heavy atom. The molecule has 0 radical (unpaired) electrons. The van der Waals surface area contributed by atoms with Gasteiger partial charge in [-0.1, -0.05) is 65.8 Å². The maximum atomic E-state index is 11.0. The maximum absolute atomic E-state index is 11.0. The number of aryl methyl sites for hydroxylation is 1. The van der Waals surface area contributed by atoms with E-state index < -0.39 is 13.4 Å². The Hall–Kier alpha value is -1.87. The summed E-state index contributed by atoms with van der Waals surface area (Å²) in [7, 11) is -4.63. The van der Waals surface area contributed by atoms with E-state index in [2.05, 4.69) is 10.3 Å². The highest BCUT2D eigenvalue weighted by atomic mass is 35.5. The summed E-state index contributed by atoms with van der Waals surface area (Å²) in [6, 6.07) is 23.6. The van der Waals surface area contributed by atoms with Gasteiger partial charge >= 0.3 is 7.82 Å². The van der Waals surface area contributed by atoms with Crippen LogP contribution in [0.15, 0.2) is 82.6 Å². The minimum absolute atomic E-state index is 0.344. The molecule has 0 aliphatic heterocycles. The van der Waals surface area contributed by atoms with Crippen LogP contribution in [0, 0.1) is 0 Å². The molecule has 34 heavy (non-hydrogen) atoms. The van der Waals surface area contributed by atoms with E-state index in [1.54, 1.807) is 11.8 Å². The van der Waals surface area contributed by atoms with Gasteiger partial charge in [0.1, 0.15) is 31.1 Å². The number of halogens is 1. The van der Waals surface area contributed by atoms with E-state index in [4.69, 9.17) is 26.1 Å². The summed E-state index contributed by atoms with van der Waals surface area (Å²) in [5.74, 6) is 0.782. The van der Waals surface area contributed by atoms with Crippen LogP contribution in [0.5, 0.6) is 5.75 Å². The van der Waals surface area contributed by atoms with Crippen LogP contribution in [0.3, 0.4) is 0 Å². The first kappa shape index (κ1) is 26.7. The van der Waals surface area contributed by atoms with Gasteiger partial charge in [-0.25, -0.2) is 4.57 Å². The van der Waals surface area contributed by atoms with Crippen LogP contribution in [0.2, 0.25) is 5.02 Å². The van der Waals surface area contributed by atoms with E-state index in [1.807, 2.05) is 72.8 Å². The molecule has 0 aromatic heterocycles. The molecule has 0 bridgehead atoms. The van der Waals surface area contributed by atoms with Crippen molar-refractivity contribution in [2.45, 2.75) is 34.8 Å². The fraction of sp³-hybridized carbons (Fsp3) is 0.250. The zero-order chi connectivity index (χ0) is 24.6. The molecular weight excluding hydrogens is 497 g/mol. The van der Waals surface area contributed by atoms with Crippen molar-refractivity contribution in [2.24, 2.45) is 0 Å². The van der Waals surface area contributed by atoms with Crippen molar-refractivity contribution in [3.05, 3.63) is 88.9 Å². The molecule has 3 aromatic rings. The van der Waals surface area contributed by atoms with E-state index >= 15 is 0 Å². The lowest BCUT2D eigenvalue weighted by Gasteiger charge is -2.23. The fourth-order valence-corrected chi connectivity index (χ4v) is 4.80. The topological polar surface area (TPSA) is 124 Å². The first-order valence-corrected chi connectivity index (χ1v) is 13.3. The standard InChI is InChI=1S/C24H27ClNO6PS/c25-23-14-22(10-9-19(23)11-12-24(26,16-27)17-32-33(28,29)30)34-21-8-4-7-20(13-21)31-15-18-5-2-1-3-6-18/h1-10,13-14,27H,11-12,15-17,26H2,(H2,28,29,30)/p+1. The molecule has 1 atom stereocenters. The van der Waals surface area contributed by atoms with Crippen molar-refractivity contribution in [2.75, 3.05) is 13.2 Å². The zero-order valence-electron chi connectivity index (χ0n) is 18.5. The molecule has 0 aliphatic rings. The second-order valence-corrected chi connectivity index (χ2v) is 10.8. The molecule has 3 aromatic carbocycles. The van der Waals surface area contributed by atoms with Gasteiger partial charge < -0.3 is 25.4 Å². The number of phosphoric ester groups is 1. The Morgan fingerprint density at radius 2 is 1.74 bits per heavy atom. The number of hydrogen-bond donors (Lipinski definition) is 4. The first-order chi connectivity index (χ1) is 16.2. The van der Waals surface area contributed by atoms with Crippen molar-refractivity contribution in [3.8, 4) is 5.75 Å². The van der Waals surface area contributed by atoms with Gasteiger partial charge in [-0.05, 0) is 47.9 Å². The molecule has 0 fully saturated rings.